The van der Waals surface area contributed by atoms with Crippen molar-refractivity contribution in [2.45, 2.75) is 70.1 Å². The van der Waals surface area contributed by atoms with Gasteiger partial charge in [-0.15, -0.1) is 0 Å². The van der Waals surface area contributed by atoms with Crippen LogP contribution in [0.1, 0.15) is 39.5 Å². The molecule has 2 aliphatic heterocycles. The molecule has 4 heteroatoms. The van der Waals surface area contributed by atoms with Crippen molar-refractivity contribution in [3.05, 3.63) is 37.0 Å². The van der Waals surface area contributed by atoms with E-state index in [1.54, 1.807) is 12.2 Å². The number of quaternary nitrogens is 1. The Morgan fingerprint density at radius 2 is 2.00 bits per heavy atom. The van der Waals surface area contributed by atoms with Crippen molar-refractivity contribution >= 4 is 0 Å². The molecule has 0 aromatic heterocycles. The van der Waals surface area contributed by atoms with E-state index >= 15 is 0 Å². The van der Waals surface area contributed by atoms with Crippen molar-refractivity contribution in [1.29, 1.82) is 0 Å². The van der Waals surface area contributed by atoms with Gasteiger partial charge in [-0.1, -0.05) is 37.0 Å². The maximum absolute atomic E-state index is 10.5. The van der Waals surface area contributed by atoms with Crippen LogP contribution in [0, 0.1) is 5.92 Å². The molecule has 136 valence electrons. The van der Waals surface area contributed by atoms with Gasteiger partial charge in [0.05, 0.1) is 31.7 Å². The number of hydrogen-bond donors (Lipinski definition) is 2. The first kappa shape index (κ1) is 19.4. The summed E-state index contributed by atoms with van der Waals surface area (Å²) >= 11 is 0. The van der Waals surface area contributed by atoms with Crippen LogP contribution in [0.15, 0.2) is 37.0 Å². The number of hydrogen-bond acceptors (Lipinski definition) is 3. The molecule has 0 spiro atoms. The van der Waals surface area contributed by atoms with Crippen molar-refractivity contribution in [3.63, 3.8) is 0 Å². The second-order valence-electron chi connectivity index (χ2n) is 7.62. The second-order valence-corrected chi connectivity index (χ2v) is 7.62. The summed E-state index contributed by atoms with van der Waals surface area (Å²) in [4.78, 5) is 0. The number of fused-ring (bicyclic) bond motifs is 2. The lowest BCUT2D eigenvalue weighted by atomic mass is 9.97. The number of rotatable bonds is 8. The normalized spacial score (nSPS) is 35.8. The fraction of sp³-hybridized carbons (Fsp3) is 0.700. The van der Waals surface area contributed by atoms with E-state index in [0.717, 1.165) is 17.3 Å². The summed E-state index contributed by atoms with van der Waals surface area (Å²) in [5.74, 6) is -0.405. The lowest BCUT2D eigenvalue weighted by molar-refractivity contribution is -0.968. The molecule has 2 rings (SSSR count). The number of ether oxygens (including phenoxy) is 1. The van der Waals surface area contributed by atoms with Crippen LogP contribution >= 0.6 is 0 Å². The SMILES string of the molecule is C=CC=CC=CC(CO)C(O)OC1CC2CCCC1[N+]2(C)C(C)C. The molecule has 2 aliphatic rings. The van der Waals surface area contributed by atoms with Gasteiger partial charge in [-0.2, -0.15) is 0 Å². The van der Waals surface area contributed by atoms with Gasteiger partial charge in [-0.25, -0.2) is 0 Å². The van der Waals surface area contributed by atoms with E-state index in [1.165, 1.54) is 12.8 Å². The zero-order valence-corrected chi connectivity index (χ0v) is 15.3. The van der Waals surface area contributed by atoms with E-state index in [0.29, 0.717) is 18.1 Å². The Balaban J connectivity index is 2.03. The minimum absolute atomic E-state index is 0.0751. The van der Waals surface area contributed by atoms with Crippen molar-refractivity contribution in [1.82, 2.24) is 0 Å². The average molecular weight is 336 g/mol. The van der Waals surface area contributed by atoms with Gasteiger partial charge >= 0.3 is 0 Å². The highest BCUT2D eigenvalue weighted by molar-refractivity contribution is 5.10. The molecule has 0 aromatic carbocycles. The van der Waals surface area contributed by atoms with E-state index in [2.05, 4.69) is 27.5 Å². The predicted molar refractivity (Wildman–Crippen MR) is 97.3 cm³/mol. The minimum atomic E-state index is -0.964. The molecule has 6 unspecified atom stereocenters. The topological polar surface area (TPSA) is 49.7 Å². The Kier molecular flexibility index (Phi) is 6.81. The summed E-state index contributed by atoms with van der Waals surface area (Å²) in [5.41, 5.74) is 0. The molecule has 6 atom stereocenters. The maximum atomic E-state index is 10.5. The van der Waals surface area contributed by atoms with Gasteiger partial charge in [0.15, 0.2) is 6.29 Å². The minimum Gasteiger partial charge on any atom is -0.396 e. The van der Waals surface area contributed by atoms with Crippen LogP contribution in [-0.4, -0.2) is 58.9 Å². The third-order valence-corrected chi connectivity index (χ3v) is 6.19. The van der Waals surface area contributed by atoms with Crippen LogP contribution in [0.3, 0.4) is 0 Å². The largest absolute Gasteiger partial charge is 0.396 e. The molecule has 0 saturated carbocycles. The fourth-order valence-corrected chi connectivity index (χ4v) is 4.53. The van der Waals surface area contributed by atoms with E-state index in [-0.39, 0.29) is 12.7 Å². The zero-order valence-electron chi connectivity index (χ0n) is 15.3. The summed E-state index contributed by atoms with van der Waals surface area (Å²) < 4.78 is 7.12. The zero-order chi connectivity index (χ0) is 17.7. The monoisotopic (exact) mass is 336 g/mol. The van der Waals surface area contributed by atoms with E-state index < -0.39 is 12.2 Å². The Morgan fingerprint density at radius 3 is 2.58 bits per heavy atom. The Bertz CT molecular complexity index is 474. The summed E-state index contributed by atoms with van der Waals surface area (Å²) in [6, 6.07) is 1.63. The van der Waals surface area contributed by atoms with Gasteiger partial charge in [0.1, 0.15) is 12.1 Å². The van der Waals surface area contributed by atoms with Gasteiger partial charge < -0.3 is 19.4 Å². The third-order valence-electron chi connectivity index (χ3n) is 6.19. The van der Waals surface area contributed by atoms with Gasteiger partial charge in [0, 0.05) is 12.8 Å². The van der Waals surface area contributed by atoms with Gasteiger partial charge in [-0.05, 0) is 26.7 Å². The quantitative estimate of drug-likeness (QED) is 0.407. The van der Waals surface area contributed by atoms with E-state index in [9.17, 15) is 10.2 Å². The molecule has 2 heterocycles. The first-order valence-corrected chi connectivity index (χ1v) is 9.21. The molecule has 2 fully saturated rings. The summed E-state index contributed by atoms with van der Waals surface area (Å²) in [5, 5.41) is 20.0. The van der Waals surface area contributed by atoms with Crippen LogP contribution < -0.4 is 0 Å². The van der Waals surface area contributed by atoms with Crippen LogP contribution in [0.2, 0.25) is 0 Å². The Labute approximate surface area is 146 Å². The van der Waals surface area contributed by atoms with Gasteiger partial charge in [0.25, 0.3) is 0 Å². The van der Waals surface area contributed by atoms with Crippen LogP contribution in [0.4, 0.5) is 0 Å². The first-order chi connectivity index (χ1) is 11.4. The number of allylic oxidation sites excluding steroid dienone is 4. The highest BCUT2D eigenvalue weighted by Gasteiger charge is 2.56. The molecule has 0 amide bonds. The molecular weight excluding hydrogens is 302 g/mol. The van der Waals surface area contributed by atoms with E-state index in [4.69, 9.17) is 4.74 Å². The molecule has 0 radical (unpaired) electrons. The molecule has 2 saturated heterocycles. The standard InChI is InChI=1S/C20H34NO3/c1-5-6-7-8-10-16(14-22)20(23)24-19-13-17-11-9-12-18(19)21(17,4)15(2)3/h5-8,10,15-20,22-23H,1,9,11-14H2,2-4H3/q+1. The van der Waals surface area contributed by atoms with Crippen LogP contribution in [0.25, 0.3) is 0 Å². The van der Waals surface area contributed by atoms with Crippen LogP contribution in [0.5, 0.6) is 0 Å². The molecular formula is C20H34NO3+. The number of aliphatic hydroxyl groups is 2. The van der Waals surface area contributed by atoms with Gasteiger partial charge in [0.2, 0.25) is 0 Å². The molecule has 24 heavy (non-hydrogen) atoms. The first-order valence-electron chi connectivity index (χ1n) is 9.21. The summed E-state index contributed by atoms with van der Waals surface area (Å²) in [6.07, 6.45) is 12.7. The third kappa shape index (κ3) is 3.83. The smallest absolute Gasteiger partial charge is 0.163 e. The lowest BCUT2D eigenvalue weighted by Crippen LogP contribution is -2.61. The molecule has 0 aliphatic carbocycles. The Morgan fingerprint density at radius 1 is 1.25 bits per heavy atom. The fourth-order valence-electron chi connectivity index (χ4n) is 4.53. The number of nitrogens with zero attached hydrogens (tertiary/aromatic N) is 1. The predicted octanol–water partition coefficient (Wildman–Crippen LogP) is 2.78. The number of likely N-dealkylation sites (N-methyl/N-ethyl adjacent to an activating group) is 1. The van der Waals surface area contributed by atoms with Gasteiger partial charge in [-0.3, -0.25) is 0 Å². The average Bonchev–Trinajstić information content (AvgIpc) is 2.70. The van der Waals surface area contributed by atoms with Crippen molar-refractivity contribution in [2.75, 3.05) is 13.7 Å². The molecule has 0 aromatic rings. The second kappa shape index (κ2) is 8.43. The highest BCUT2D eigenvalue weighted by Crippen LogP contribution is 2.44. The summed E-state index contributed by atoms with van der Waals surface area (Å²) in [7, 11) is 2.35. The van der Waals surface area contributed by atoms with Crippen molar-refractivity contribution < 1.29 is 19.4 Å². The van der Waals surface area contributed by atoms with E-state index in [1.807, 2.05) is 18.2 Å². The van der Waals surface area contributed by atoms with Crippen molar-refractivity contribution in [2.24, 2.45) is 5.92 Å². The number of aliphatic hydroxyl groups excluding tert-OH is 2. The molecule has 4 nitrogen and oxygen atoms in total. The molecule has 2 bridgehead atoms. The highest BCUT2D eigenvalue weighted by atomic mass is 16.6. The lowest BCUT2D eigenvalue weighted by Gasteiger charge is -2.48. The summed E-state index contributed by atoms with van der Waals surface area (Å²) in [6.45, 7) is 8.06. The maximum Gasteiger partial charge on any atom is 0.163 e. The van der Waals surface area contributed by atoms with Crippen molar-refractivity contribution in [3.8, 4) is 0 Å². The van der Waals surface area contributed by atoms with Crippen LogP contribution in [-0.2, 0) is 4.74 Å². The molecule has 2 N–H and O–H groups in total. The number of piperidine rings is 1. The Hall–Kier alpha value is -0.940.